The molecule has 0 aromatic heterocycles. The Labute approximate surface area is 162 Å². The van der Waals surface area contributed by atoms with Gasteiger partial charge < -0.3 is 5.11 Å². The molecule has 2 aromatic rings. The van der Waals surface area contributed by atoms with Gasteiger partial charge in [0.25, 0.3) is 11.8 Å². The number of aromatic hydroxyl groups is 1. The van der Waals surface area contributed by atoms with E-state index < -0.39 is 17.6 Å². The second kappa shape index (κ2) is 7.03. The third kappa shape index (κ3) is 3.41. The predicted octanol–water partition coefficient (Wildman–Crippen LogP) is 3.67. The number of carbonyl (C=O) groups is 2. The largest absolute Gasteiger partial charge is 0.505 e. The fraction of sp³-hybridized carbons (Fsp3) is 0. The van der Waals surface area contributed by atoms with E-state index in [0.29, 0.717) is 11.3 Å². The summed E-state index contributed by atoms with van der Waals surface area (Å²) in [6.45, 7) is 0. The predicted molar refractivity (Wildman–Crippen MR) is 101 cm³/mol. The van der Waals surface area contributed by atoms with E-state index in [1.54, 1.807) is 0 Å². The minimum absolute atomic E-state index is 0.0288. The second-order valence-electron chi connectivity index (χ2n) is 5.27. The number of halogens is 3. The lowest BCUT2D eigenvalue weighted by molar-refractivity contribution is -0.122. The van der Waals surface area contributed by atoms with Crippen molar-refractivity contribution < 1.29 is 19.1 Å². The number of anilines is 1. The maximum Gasteiger partial charge on any atom is 0.270 e. The van der Waals surface area contributed by atoms with E-state index in [0.717, 1.165) is 4.90 Å². The zero-order valence-corrected chi connectivity index (χ0v) is 15.1. The Morgan fingerprint density at radius 3 is 2.27 bits per heavy atom. The van der Waals surface area contributed by atoms with Gasteiger partial charge in [-0.25, -0.2) is 4.39 Å². The summed E-state index contributed by atoms with van der Waals surface area (Å²) < 4.78 is 13.1. The van der Waals surface area contributed by atoms with Crippen LogP contribution in [0.2, 0.25) is 10.0 Å². The quantitative estimate of drug-likeness (QED) is 0.450. The number of nitrogens with one attached hydrogen (secondary N) is 1. The molecule has 0 atom stereocenters. The first-order chi connectivity index (χ1) is 12.3. The molecule has 2 amide bonds. The van der Waals surface area contributed by atoms with E-state index in [9.17, 15) is 19.1 Å². The van der Waals surface area contributed by atoms with Gasteiger partial charge in [0.1, 0.15) is 11.4 Å². The number of phenolic OH excluding ortho intramolecular Hbond substituents is 1. The highest BCUT2D eigenvalue weighted by Crippen LogP contribution is 2.33. The summed E-state index contributed by atoms with van der Waals surface area (Å²) in [5, 5.41) is 11.8. The molecule has 0 saturated carbocycles. The maximum atomic E-state index is 13.1. The van der Waals surface area contributed by atoms with Gasteiger partial charge in [0.05, 0.1) is 15.7 Å². The van der Waals surface area contributed by atoms with Crippen LogP contribution in [0.25, 0.3) is 6.08 Å². The van der Waals surface area contributed by atoms with Crippen LogP contribution in [0.3, 0.4) is 0 Å². The van der Waals surface area contributed by atoms with Gasteiger partial charge in [0.2, 0.25) is 0 Å². The fourth-order valence-electron chi connectivity index (χ4n) is 2.32. The first-order valence-corrected chi connectivity index (χ1v) is 8.29. The Balaban J connectivity index is 2.04. The number of rotatable bonds is 2. The monoisotopic (exact) mass is 410 g/mol. The van der Waals surface area contributed by atoms with Gasteiger partial charge in [-0.1, -0.05) is 23.2 Å². The van der Waals surface area contributed by atoms with E-state index >= 15 is 0 Å². The lowest BCUT2D eigenvalue weighted by atomic mass is 10.1. The Morgan fingerprint density at radius 2 is 1.69 bits per heavy atom. The summed E-state index contributed by atoms with van der Waals surface area (Å²) in [5.74, 6) is -2.16. The normalized spacial score (nSPS) is 16.2. The van der Waals surface area contributed by atoms with Gasteiger partial charge in [-0.15, -0.1) is 0 Å². The van der Waals surface area contributed by atoms with Crippen molar-refractivity contribution in [1.82, 2.24) is 5.32 Å². The Bertz CT molecular complexity index is 953. The third-order valence-electron chi connectivity index (χ3n) is 3.54. The van der Waals surface area contributed by atoms with Gasteiger partial charge in [0.15, 0.2) is 10.9 Å². The summed E-state index contributed by atoms with van der Waals surface area (Å²) in [6.07, 6.45) is 1.27. The van der Waals surface area contributed by atoms with Crippen LogP contribution in [0.5, 0.6) is 5.75 Å². The highest BCUT2D eigenvalue weighted by atomic mass is 35.5. The molecule has 2 aromatic carbocycles. The fourth-order valence-corrected chi connectivity index (χ4v) is 3.10. The molecule has 0 spiro atoms. The lowest BCUT2D eigenvalue weighted by Gasteiger charge is -2.28. The average Bonchev–Trinajstić information content (AvgIpc) is 2.58. The van der Waals surface area contributed by atoms with E-state index in [1.807, 2.05) is 0 Å². The summed E-state index contributed by atoms with van der Waals surface area (Å²) in [7, 11) is 0. The topological polar surface area (TPSA) is 69.6 Å². The van der Waals surface area contributed by atoms with Crippen molar-refractivity contribution in [3.8, 4) is 5.75 Å². The molecule has 0 radical (unpaired) electrons. The number of benzene rings is 2. The van der Waals surface area contributed by atoms with Crippen LogP contribution in [0.15, 0.2) is 42.0 Å². The van der Waals surface area contributed by atoms with Gasteiger partial charge >= 0.3 is 0 Å². The zero-order chi connectivity index (χ0) is 19.0. The molecule has 0 bridgehead atoms. The Hall–Kier alpha value is -2.48. The molecule has 2 N–H and O–H groups in total. The minimum Gasteiger partial charge on any atom is -0.505 e. The standard InChI is InChI=1S/C17H9Cl2FN2O3S/c18-12-6-8(7-13(19)14(12)23)5-11-15(24)21-17(26)22(16(11)25)10-3-1-9(20)2-4-10/h1-7,23H,(H,21,24,26). The molecule has 1 aliphatic rings. The molecule has 26 heavy (non-hydrogen) atoms. The summed E-state index contributed by atoms with van der Waals surface area (Å²) in [4.78, 5) is 26.0. The van der Waals surface area contributed by atoms with Crippen molar-refractivity contribution in [2.45, 2.75) is 0 Å². The van der Waals surface area contributed by atoms with Crippen molar-refractivity contribution in [2.24, 2.45) is 0 Å². The number of carbonyl (C=O) groups excluding carboxylic acids is 2. The molecule has 1 saturated heterocycles. The molecule has 3 rings (SSSR count). The third-order valence-corrected chi connectivity index (χ3v) is 4.40. The van der Waals surface area contributed by atoms with Crippen LogP contribution in [0.4, 0.5) is 10.1 Å². The lowest BCUT2D eigenvalue weighted by Crippen LogP contribution is -2.54. The smallest absolute Gasteiger partial charge is 0.270 e. The van der Waals surface area contributed by atoms with Gasteiger partial charge in [-0.2, -0.15) is 0 Å². The van der Waals surface area contributed by atoms with Crippen molar-refractivity contribution in [1.29, 1.82) is 0 Å². The minimum atomic E-state index is -0.696. The van der Waals surface area contributed by atoms with E-state index in [1.165, 1.54) is 42.5 Å². The van der Waals surface area contributed by atoms with Gasteiger partial charge in [-0.05, 0) is 60.3 Å². The summed E-state index contributed by atoms with van der Waals surface area (Å²) in [5.41, 5.74) is 0.415. The number of amides is 2. The molecule has 1 aliphatic heterocycles. The van der Waals surface area contributed by atoms with Crippen molar-refractivity contribution >= 4 is 64.1 Å². The van der Waals surface area contributed by atoms with Gasteiger partial charge in [-0.3, -0.25) is 19.8 Å². The maximum absolute atomic E-state index is 13.1. The Morgan fingerprint density at radius 1 is 1.12 bits per heavy atom. The summed E-state index contributed by atoms with van der Waals surface area (Å²) >= 11 is 16.8. The van der Waals surface area contributed by atoms with Gasteiger partial charge in [0, 0.05) is 0 Å². The number of thiocarbonyl (C=S) groups is 1. The molecule has 1 heterocycles. The Kier molecular flexibility index (Phi) is 4.95. The highest BCUT2D eigenvalue weighted by Gasteiger charge is 2.34. The SMILES string of the molecule is O=C1NC(=S)N(c2ccc(F)cc2)C(=O)C1=Cc1cc(Cl)c(O)c(Cl)c1. The second-order valence-corrected chi connectivity index (χ2v) is 6.47. The molecule has 0 unspecified atom stereocenters. The molecular formula is C17H9Cl2FN2O3S. The molecule has 1 fully saturated rings. The molecule has 9 heteroatoms. The molecule has 132 valence electrons. The number of hydrogen-bond acceptors (Lipinski definition) is 4. The van der Waals surface area contributed by atoms with Crippen LogP contribution in [0.1, 0.15) is 5.56 Å². The van der Waals surface area contributed by atoms with Crippen LogP contribution in [-0.4, -0.2) is 22.0 Å². The van der Waals surface area contributed by atoms with Crippen LogP contribution < -0.4 is 10.2 Å². The van der Waals surface area contributed by atoms with Crippen molar-refractivity contribution in [3.05, 3.63) is 63.4 Å². The average molecular weight is 411 g/mol. The van der Waals surface area contributed by atoms with Crippen molar-refractivity contribution in [3.63, 3.8) is 0 Å². The molecule has 5 nitrogen and oxygen atoms in total. The number of phenols is 1. The molecular weight excluding hydrogens is 402 g/mol. The van der Waals surface area contributed by atoms with E-state index in [2.05, 4.69) is 5.32 Å². The first kappa shape index (κ1) is 18.3. The number of hydrogen-bond donors (Lipinski definition) is 2. The highest BCUT2D eigenvalue weighted by molar-refractivity contribution is 7.80. The van der Waals surface area contributed by atoms with Crippen molar-refractivity contribution in [2.75, 3.05) is 4.90 Å². The van der Waals surface area contributed by atoms with Crippen LogP contribution >= 0.6 is 35.4 Å². The first-order valence-electron chi connectivity index (χ1n) is 7.13. The number of nitrogens with zero attached hydrogens (tertiary/aromatic N) is 1. The summed E-state index contributed by atoms with van der Waals surface area (Å²) in [6, 6.07) is 7.78. The van der Waals surface area contributed by atoms with Crippen LogP contribution in [0, 0.1) is 5.82 Å². The van der Waals surface area contributed by atoms with E-state index in [-0.39, 0.29) is 26.5 Å². The van der Waals surface area contributed by atoms with E-state index in [4.69, 9.17) is 35.4 Å². The zero-order valence-electron chi connectivity index (χ0n) is 12.8. The van der Waals surface area contributed by atoms with Crippen LogP contribution in [-0.2, 0) is 9.59 Å². The molecule has 0 aliphatic carbocycles.